The van der Waals surface area contributed by atoms with Gasteiger partial charge in [0.15, 0.2) is 9.84 Å². The van der Waals surface area contributed by atoms with Crippen molar-refractivity contribution in [2.75, 3.05) is 45.6 Å². The zero-order valence-corrected chi connectivity index (χ0v) is 24.9. The average Bonchev–Trinajstić information content (AvgIpc) is 3.49. The van der Waals surface area contributed by atoms with E-state index in [9.17, 15) is 31.2 Å². The van der Waals surface area contributed by atoms with Gasteiger partial charge in [0.05, 0.1) is 18.8 Å². The van der Waals surface area contributed by atoms with Crippen molar-refractivity contribution in [3.63, 3.8) is 0 Å². The van der Waals surface area contributed by atoms with Gasteiger partial charge in [0, 0.05) is 38.0 Å². The lowest BCUT2D eigenvalue weighted by molar-refractivity contribution is -0.138. The molecule has 2 saturated heterocycles. The number of carbonyl (C=O) groups excluding carboxylic acids is 2. The number of nitrogens with zero attached hydrogens (tertiary/aromatic N) is 5. The minimum Gasteiger partial charge on any atom is -0.455 e. The smallest absolute Gasteiger partial charge is 0.420 e. The average molecular weight is 638 g/mol. The van der Waals surface area contributed by atoms with Crippen LogP contribution in [0.2, 0.25) is 0 Å². The lowest BCUT2D eigenvalue weighted by Gasteiger charge is -2.32. The number of benzene rings is 2. The third-order valence-electron chi connectivity index (χ3n) is 7.42. The van der Waals surface area contributed by atoms with Crippen LogP contribution < -0.4 is 4.74 Å². The maximum atomic E-state index is 14.1. The van der Waals surface area contributed by atoms with E-state index in [-0.39, 0.29) is 34.5 Å². The molecule has 16 heteroatoms. The van der Waals surface area contributed by atoms with Gasteiger partial charge in [0.1, 0.15) is 28.5 Å². The Balaban J connectivity index is 1.35. The van der Waals surface area contributed by atoms with Crippen LogP contribution in [0.4, 0.5) is 18.0 Å². The molecule has 0 aliphatic carbocycles. The third kappa shape index (κ3) is 6.42. The molecule has 5 rings (SSSR count). The summed E-state index contributed by atoms with van der Waals surface area (Å²) < 4.78 is 82.4. The maximum absolute atomic E-state index is 14.1. The van der Waals surface area contributed by atoms with Gasteiger partial charge in [-0.05, 0) is 44.2 Å². The van der Waals surface area contributed by atoms with Gasteiger partial charge < -0.3 is 18.9 Å². The lowest BCUT2D eigenvalue weighted by Crippen LogP contribution is -2.48. The Morgan fingerprint density at radius 3 is 2.41 bits per heavy atom. The molecular formula is C28H30F3N5O7S. The number of morpholine rings is 1. The Bertz CT molecular complexity index is 1670. The molecule has 1 aromatic heterocycles. The van der Waals surface area contributed by atoms with Crippen LogP contribution in [0.15, 0.2) is 51.9 Å². The van der Waals surface area contributed by atoms with Crippen LogP contribution in [0.3, 0.4) is 0 Å². The Morgan fingerprint density at radius 2 is 1.73 bits per heavy atom. The number of hydrogen-bond donors (Lipinski definition) is 0. The number of urea groups is 1. The summed E-state index contributed by atoms with van der Waals surface area (Å²) in [4.78, 5) is 34.9. The Morgan fingerprint density at radius 1 is 1.02 bits per heavy atom. The number of carbonyl (C=O) groups is 2. The van der Waals surface area contributed by atoms with Crippen LogP contribution in [-0.4, -0.2) is 96.4 Å². The molecule has 236 valence electrons. The number of aromatic nitrogens is 2. The summed E-state index contributed by atoms with van der Waals surface area (Å²) in [7, 11) is -3.79. The fourth-order valence-corrected chi connectivity index (χ4v) is 5.81. The van der Waals surface area contributed by atoms with Crippen LogP contribution in [-0.2, 0) is 32.1 Å². The van der Waals surface area contributed by atoms with Crippen molar-refractivity contribution in [1.82, 2.24) is 24.8 Å². The van der Waals surface area contributed by atoms with E-state index in [1.165, 1.54) is 35.2 Å². The number of imide groups is 1. The molecule has 2 aliphatic rings. The number of para-hydroxylation sites is 1. The number of rotatable bonds is 9. The molecule has 12 nitrogen and oxygen atoms in total. The summed E-state index contributed by atoms with van der Waals surface area (Å²) in [6.45, 7) is 6.43. The Labute approximate surface area is 251 Å². The van der Waals surface area contributed by atoms with Crippen molar-refractivity contribution >= 4 is 21.8 Å². The zero-order valence-electron chi connectivity index (χ0n) is 24.1. The van der Waals surface area contributed by atoms with Gasteiger partial charge in [-0.2, -0.15) is 18.2 Å². The first-order valence-corrected chi connectivity index (χ1v) is 15.5. The second-order valence-corrected chi connectivity index (χ2v) is 12.9. The summed E-state index contributed by atoms with van der Waals surface area (Å²) in [5, 5.41) is 3.76. The minimum atomic E-state index is -4.89. The highest BCUT2D eigenvalue weighted by molar-refractivity contribution is 7.90. The van der Waals surface area contributed by atoms with Gasteiger partial charge >= 0.3 is 12.2 Å². The van der Waals surface area contributed by atoms with Crippen molar-refractivity contribution in [2.24, 2.45) is 0 Å². The van der Waals surface area contributed by atoms with E-state index in [1.807, 2.05) is 0 Å². The molecule has 0 saturated carbocycles. The first-order chi connectivity index (χ1) is 20.7. The molecule has 0 spiro atoms. The van der Waals surface area contributed by atoms with Crippen LogP contribution in [0.25, 0.3) is 11.4 Å². The van der Waals surface area contributed by atoms with Crippen LogP contribution in [0.1, 0.15) is 25.3 Å². The summed E-state index contributed by atoms with van der Waals surface area (Å²) in [6.07, 6.45) is -3.97. The highest BCUT2D eigenvalue weighted by atomic mass is 32.2. The molecular weight excluding hydrogens is 607 g/mol. The van der Waals surface area contributed by atoms with E-state index in [2.05, 4.69) is 15.0 Å². The van der Waals surface area contributed by atoms with Crippen molar-refractivity contribution in [3.8, 4) is 22.9 Å². The highest BCUT2D eigenvalue weighted by Gasteiger charge is 2.51. The van der Waals surface area contributed by atoms with Crippen LogP contribution in [0.5, 0.6) is 11.5 Å². The molecule has 0 unspecified atom stereocenters. The lowest BCUT2D eigenvalue weighted by atomic mass is 10.0. The fraction of sp³-hybridized carbons (Fsp3) is 0.429. The molecule has 0 radical (unpaired) electrons. The number of ether oxygens (including phenoxy) is 2. The molecule has 0 atom stereocenters. The van der Waals surface area contributed by atoms with E-state index >= 15 is 0 Å². The largest absolute Gasteiger partial charge is 0.455 e. The minimum absolute atomic E-state index is 0.0809. The van der Waals surface area contributed by atoms with Gasteiger partial charge in [0.25, 0.3) is 5.91 Å². The summed E-state index contributed by atoms with van der Waals surface area (Å²) in [6, 6.07) is 7.83. The van der Waals surface area contributed by atoms with Gasteiger partial charge in [-0.1, -0.05) is 17.3 Å². The number of amides is 3. The summed E-state index contributed by atoms with van der Waals surface area (Å²) in [5.41, 5.74) is -2.41. The normalized spacial score (nSPS) is 17.9. The first kappa shape index (κ1) is 31.4. The number of sulfone groups is 1. The van der Waals surface area contributed by atoms with Gasteiger partial charge in [-0.25, -0.2) is 13.2 Å². The predicted molar refractivity (Wildman–Crippen MR) is 148 cm³/mol. The molecule has 3 aromatic rings. The van der Waals surface area contributed by atoms with Gasteiger partial charge in [0.2, 0.25) is 11.7 Å². The molecule has 2 fully saturated rings. The highest BCUT2D eigenvalue weighted by Crippen LogP contribution is 2.41. The second-order valence-electron chi connectivity index (χ2n) is 10.9. The third-order valence-corrected chi connectivity index (χ3v) is 8.56. The number of hydrogen-bond acceptors (Lipinski definition) is 10. The van der Waals surface area contributed by atoms with E-state index in [0.29, 0.717) is 26.3 Å². The monoisotopic (exact) mass is 637 g/mol. The summed E-state index contributed by atoms with van der Waals surface area (Å²) >= 11 is 0. The van der Waals surface area contributed by atoms with Crippen molar-refractivity contribution < 1.29 is 45.2 Å². The SMILES string of the molecule is CC1(C)C(=O)N(Cc2nc(-c3ccc(Oc4ccccc4S(C)(=O)=O)c(C(F)(F)F)c3)no2)C(=O)N1CCN1CCOCC1. The standard InChI is InChI=1S/C28H30F3N5O7S/c1-27(2)25(37)35(26(38)36(27)11-10-34-12-14-41-15-13-34)17-23-32-24(33-43-23)18-8-9-20(19(16-18)28(29,30)31)42-21-6-4-5-7-22(21)44(3,39)40/h4-9,16H,10-15,17H2,1-3H3. The van der Waals surface area contributed by atoms with Crippen LogP contribution >= 0.6 is 0 Å². The van der Waals surface area contributed by atoms with Crippen LogP contribution in [0, 0.1) is 0 Å². The molecule has 3 amide bonds. The Kier molecular flexibility index (Phi) is 8.43. The van der Waals surface area contributed by atoms with Gasteiger partial charge in [-0.3, -0.25) is 14.6 Å². The molecule has 0 bridgehead atoms. The second kappa shape index (κ2) is 11.8. The number of halogens is 3. The van der Waals surface area contributed by atoms with Crippen molar-refractivity contribution in [1.29, 1.82) is 0 Å². The van der Waals surface area contributed by atoms with E-state index in [1.54, 1.807) is 13.8 Å². The predicted octanol–water partition coefficient (Wildman–Crippen LogP) is 3.83. The van der Waals surface area contributed by atoms with E-state index in [4.69, 9.17) is 14.0 Å². The molecule has 0 N–H and O–H groups in total. The topological polar surface area (TPSA) is 135 Å². The molecule has 3 heterocycles. The van der Waals surface area contributed by atoms with E-state index in [0.717, 1.165) is 36.4 Å². The zero-order chi connectivity index (χ0) is 31.9. The van der Waals surface area contributed by atoms with Crippen molar-refractivity contribution in [3.05, 3.63) is 53.9 Å². The van der Waals surface area contributed by atoms with Gasteiger partial charge in [-0.15, -0.1) is 0 Å². The molecule has 44 heavy (non-hydrogen) atoms. The quantitative estimate of drug-likeness (QED) is 0.319. The molecule has 2 aromatic carbocycles. The Hall–Kier alpha value is -4.02. The first-order valence-electron chi connectivity index (χ1n) is 13.6. The number of alkyl halides is 3. The van der Waals surface area contributed by atoms with E-state index < -0.39 is 44.8 Å². The fourth-order valence-electron chi connectivity index (χ4n) is 5.01. The molecule has 2 aliphatic heterocycles. The maximum Gasteiger partial charge on any atom is 0.420 e. The van der Waals surface area contributed by atoms with Crippen molar-refractivity contribution in [2.45, 2.75) is 37.0 Å². The summed E-state index contributed by atoms with van der Waals surface area (Å²) in [5.74, 6) is -1.73.